The highest BCUT2D eigenvalue weighted by Crippen LogP contribution is 2.40. The number of para-hydroxylation sites is 1. The first-order valence-corrected chi connectivity index (χ1v) is 8.81. The van der Waals surface area contributed by atoms with Gasteiger partial charge in [0.05, 0.1) is 20.3 Å². The van der Waals surface area contributed by atoms with Crippen molar-refractivity contribution in [3.8, 4) is 11.5 Å². The first-order chi connectivity index (χ1) is 12.2. The van der Waals surface area contributed by atoms with Crippen LogP contribution < -0.4 is 9.47 Å². The van der Waals surface area contributed by atoms with Crippen molar-refractivity contribution in [2.45, 2.75) is 19.4 Å². The lowest BCUT2D eigenvalue weighted by Crippen LogP contribution is -2.35. The lowest BCUT2D eigenvalue weighted by molar-refractivity contribution is 0.221. The van der Waals surface area contributed by atoms with Gasteiger partial charge in [-0.1, -0.05) is 25.1 Å². The van der Waals surface area contributed by atoms with Crippen LogP contribution in [0.5, 0.6) is 11.5 Å². The van der Waals surface area contributed by atoms with E-state index in [1.807, 2.05) is 6.07 Å². The van der Waals surface area contributed by atoms with Crippen molar-refractivity contribution in [2.75, 3.05) is 27.3 Å². The van der Waals surface area contributed by atoms with E-state index in [1.165, 1.54) is 27.7 Å². The van der Waals surface area contributed by atoms with Crippen LogP contribution in [-0.4, -0.2) is 37.2 Å². The summed E-state index contributed by atoms with van der Waals surface area (Å²) in [6.07, 6.45) is 1.07. The maximum Gasteiger partial charge on any atom is 0.122 e. The Morgan fingerprint density at radius 3 is 2.48 bits per heavy atom. The third kappa shape index (κ3) is 2.67. The molecule has 0 fully saturated rings. The SMILES string of the molecule is CCN1CCc2c([nH]c3ccccc23)C1c1cc(OC)cc(OC)c1. The van der Waals surface area contributed by atoms with Gasteiger partial charge in [0.2, 0.25) is 0 Å². The molecule has 130 valence electrons. The summed E-state index contributed by atoms with van der Waals surface area (Å²) in [6, 6.07) is 14.9. The topological polar surface area (TPSA) is 37.5 Å². The van der Waals surface area contributed by atoms with E-state index in [9.17, 15) is 0 Å². The van der Waals surface area contributed by atoms with Crippen LogP contribution in [0.4, 0.5) is 0 Å². The van der Waals surface area contributed by atoms with Gasteiger partial charge in [0.15, 0.2) is 0 Å². The summed E-state index contributed by atoms with van der Waals surface area (Å²) in [5, 5.41) is 1.34. The van der Waals surface area contributed by atoms with Gasteiger partial charge in [-0.05, 0) is 42.3 Å². The smallest absolute Gasteiger partial charge is 0.122 e. The highest BCUT2D eigenvalue weighted by Gasteiger charge is 2.31. The van der Waals surface area contributed by atoms with Gasteiger partial charge in [-0.3, -0.25) is 4.90 Å². The summed E-state index contributed by atoms with van der Waals surface area (Å²) in [7, 11) is 3.40. The Morgan fingerprint density at radius 1 is 1.08 bits per heavy atom. The lowest BCUT2D eigenvalue weighted by atomic mass is 9.92. The minimum atomic E-state index is 0.185. The zero-order chi connectivity index (χ0) is 17.4. The van der Waals surface area contributed by atoms with Crippen LogP contribution in [0.1, 0.15) is 29.8 Å². The monoisotopic (exact) mass is 336 g/mol. The van der Waals surface area contributed by atoms with E-state index in [1.54, 1.807) is 14.2 Å². The van der Waals surface area contributed by atoms with E-state index in [0.29, 0.717) is 0 Å². The van der Waals surface area contributed by atoms with Crippen LogP contribution in [0.2, 0.25) is 0 Å². The average Bonchev–Trinajstić information content (AvgIpc) is 3.05. The average molecular weight is 336 g/mol. The molecule has 4 rings (SSSR count). The molecule has 0 spiro atoms. The fourth-order valence-corrected chi connectivity index (χ4v) is 4.00. The molecule has 0 saturated heterocycles. The summed E-state index contributed by atoms with van der Waals surface area (Å²) in [5.41, 5.74) is 5.15. The van der Waals surface area contributed by atoms with Crippen LogP contribution >= 0.6 is 0 Å². The van der Waals surface area contributed by atoms with E-state index in [2.05, 4.69) is 53.2 Å². The third-order valence-electron chi connectivity index (χ3n) is 5.23. The first-order valence-electron chi connectivity index (χ1n) is 8.81. The van der Waals surface area contributed by atoms with Crippen LogP contribution in [-0.2, 0) is 6.42 Å². The number of H-pyrrole nitrogens is 1. The molecule has 25 heavy (non-hydrogen) atoms. The Bertz CT molecular complexity index is 878. The fourth-order valence-electron chi connectivity index (χ4n) is 4.00. The molecule has 0 amide bonds. The summed E-state index contributed by atoms with van der Waals surface area (Å²) in [6.45, 7) is 4.27. The van der Waals surface area contributed by atoms with Crippen LogP contribution in [0.3, 0.4) is 0 Å². The van der Waals surface area contributed by atoms with Gasteiger partial charge in [0, 0.05) is 29.2 Å². The summed E-state index contributed by atoms with van der Waals surface area (Å²) < 4.78 is 11.0. The van der Waals surface area contributed by atoms with Crippen molar-refractivity contribution >= 4 is 10.9 Å². The molecule has 2 aromatic carbocycles. The normalized spacial score (nSPS) is 17.5. The van der Waals surface area contributed by atoms with Crippen molar-refractivity contribution < 1.29 is 9.47 Å². The van der Waals surface area contributed by atoms with Gasteiger partial charge in [-0.25, -0.2) is 0 Å². The number of benzene rings is 2. The molecule has 4 nitrogen and oxygen atoms in total. The molecule has 1 aromatic heterocycles. The number of hydrogen-bond acceptors (Lipinski definition) is 3. The van der Waals surface area contributed by atoms with Crippen LogP contribution in [0.25, 0.3) is 10.9 Å². The predicted octanol–water partition coefficient (Wildman–Crippen LogP) is 4.15. The molecular formula is C21H24N2O2. The second-order valence-electron chi connectivity index (χ2n) is 6.49. The number of ether oxygens (including phenoxy) is 2. The largest absolute Gasteiger partial charge is 0.497 e. The van der Waals surface area contributed by atoms with E-state index < -0.39 is 0 Å². The molecule has 4 heteroatoms. The first kappa shape index (κ1) is 16.0. The highest BCUT2D eigenvalue weighted by atomic mass is 16.5. The summed E-state index contributed by atoms with van der Waals surface area (Å²) in [5.74, 6) is 1.65. The van der Waals surface area contributed by atoms with Gasteiger partial charge in [0.25, 0.3) is 0 Å². The molecule has 0 aliphatic carbocycles. The van der Waals surface area contributed by atoms with Crippen LogP contribution in [0, 0.1) is 0 Å². The molecule has 0 bridgehead atoms. The van der Waals surface area contributed by atoms with Gasteiger partial charge >= 0.3 is 0 Å². The van der Waals surface area contributed by atoms with Crippen LogP contribution in [0.15, 0.2) is 42.5 Å². The number of rotatable bonds is 4. The van der Waals surface area contributed by atoms with Gasteiger partial charge in [-0.15, -0.1) is 0 Å². The second-order valence-corrected chi connectivity index (χ2v) is 6.49. The molecule has 1 aliphatic heterocycles. The number of nitrogens with zero attached hydrogens (tertiary/aromatic N) is 1. The van der Waals surface area contributed by atoms with Crippen molar-refractivity contribution in [3.05, 3.63) is 59.3 Å². The summed E-state index contributed by atoms with van der Waals surface area (Å²) in [4.78, 5) is 6.19. The molecule has 1 atom stereocenters. The van der Waals surface area contributed by atoms with Crippen molar-refractivity contribution in [2.24, 2.45) is 0 Å². The number of methoxy groups -OCH3 is 2. The molecule has 1 unspecified atom stereocenters. The fraction of sp³-hybridized carbons (Fsp3) is 0.333. The Hall–Kier alpha value is -2.46. The second kappa shape index (κ2) is 6.45. The van der Waals surface area contributed by atoms with E-state index in [0.717, 1.165) is 31.0 Å². The molecule has 1 N–H and O–H groups in total. The standard InChI is InChI=1S/C21H24N2O2/c1-4-23-10-9-18-17-7-5-6-8-19(17)22-20(18)21(23)14-11-15(24-2)13-16(12-14)25-3/h5-8,11-13,21-22H,4,9-10H2,1-3H3. The number of likely N-dealkylation sites (N-methyl/N-ethyl adjacent to an activating group) is 1. The number of aromatic amines is 1. The Morgan fingerprint density at radius 2 is 1.80 bits per heavy atom. The number of hydrogen-bond donors (Lipinski definition) is 1. The number of aromatic nitrogens is 1. The van der Waals surface area contributed by atoms with Crippen molar-refractivity contribution in [1.29, 1.82) is 0 Å². The highest BCUT2D eigenvalue weighted by molar-refractivity contribution is 5.85. The van der Waals surface area contributed by atoms with E-state index >= 15 is 0 Å². The van der Waals surface area contributed by atoms with Crippen molar-refractivity contribution in [3.63, 3.8) is 0 Å². The van der Waals surface area contributed by atoms with Crippen molar-refractivity contribution in [1.82, 2.24) is 9.88 Å². The Kier molecular flexibility index (Phi) is 4.14. The van der Waals surface area contributed by atoms with Gasteiger partial charge in [0.1, 0.15) is 11.5 Å². The maximum absolute atomic E-state index is 5.50. The molecule has 1 aliphatic rings. The Labute approximate surface area is 148 Å². The zero-order valence-electron chi connectivity index (χ0n) is 15.0. The third-order valence-corrected chi connectivity index (χ3v) is 5.23. The quantitative estimate of drug-likeness (QED) is 0.777. The predicted molar refractivity (Wildman–Crippen MR) is 101 cm³/mol. The Balaban J connectivity index is 1.91. The molecule has 2 heterocycles. The maximum atomic E-state index is 5.50. The minimum Gasteiger partial charge on any atom is -0.497 e. The van der Waals surface area contributed by atoms with E-state index in [-0.39, 0.29) is 6.04 Å². The van der Waals surface area contributed by atoms with Gasteiger partial charge < -0.3 is 14.5 Å². The lowest BCUT2D eigenvalue weighted by Gasteiger charge is -2.35. The molecule has 3 aromatic rings. The minimum absolute atomic E-state index is 0.185. The molecular weight excluding hydrogens is 312 g/mol. The number of fused-ring (bicyclic) bond motifs is 3. The number of nitrogens with one attached hydrogen (secondary N) is 1. The van der Waals surface area contributed by atoms with Gasteiger partial charge in [-0.2, -0.15) is 0 Å². The molecule has 0 radical (unpaired) electrons. The molecule has 0 saturated carbocycles. The van der Waals surface area contributed by atoms with E-state index in [4.69, 9.17) is 9.47 Å². The zero-order valence-corrected chi connectivity index (χ0v) is 15.0. The summed E-state index contributed by atoms with van der Waals surface area (Å²) >= 11 is 0.